The molecular formula is C33H38KN5O5. The molecule has 1 aliphatic rings. The number of aliphatic hydroxyl groups is 1. The third-order valence-electron chi connectivity index (χ3n) is 8.29. The van der Waals surface area contributed by atoms with Gasteiger partial charge in [-0.3, -0.25) is 18.9 Å². The van der Waals surface area contributed by atoms with E-state index < -0.39 is 11.9 Å². The van der Waals surface area contributed by atoms with E-state index >= 15 is 0 Å². The van der Waals surface area contributed by atoms with Crippen LogP contribution in [0.2, 0.25) is 0 Å². The minimum atomic E-state index is -0.597. The Morgan fingerprint density at radius 2 is 1.77 bits per heavy atom. The number of aromatic amines is 1. The summed E-state index contributed by atoms with van der Waals surface area (Å²) in [4.78, 5) is 28.5. The fourth-order valence-electron chi connectivity index (χ4n) is 6.25. The van der Waals surface area contributed by atoms with E-state index in [1.807, 2.05) is 51.5 Å². The molecule has 1 atom stereocenters. The second-order valence-corrected chi connectivity index (χ2v) is 11.4. The number of H-pyrrole nitrogens is 1. The van der Waals surface area contributed by atoms with Crippen LogP contribution < -0.4 is 11.3 Å². The van der Waals surface area contributed by atoms with E-state index in [4.69, 9.17) is 9.26 Å². The molecule has 0 bridgehead atoms. The van der Waals surface area contributed by atoms with Crippen molar-refractivity contribution in [1.29, 1.82) is 0 Å². The van der Waals surface area contributed by atoms with Crippen molar-refractivity contribution >= 4 is 57.0 Å². The number of hydrogen-bond acceptors (Lipinski definition) is 7. The van der Waals surface area contributed by atoms with Crippen LogP contribution in [0.5, 0.6) is 0 Å². The normalized spacial score (nSPS) is 17.4. The van der Waals surface area contributed by atoms with Gasteiger partial charge in [-0.1, -0.05) is 67.0 Å². The first kappa shape index (κ1) is 32.7. The van der Waals surface area contributed by atoms with Crippen molar-refractivity contribution in [2.45, 2.75) is 77.0 Å². The van der Waals surface area contributed by atoms with Crippen LogP contribution >= 0.6 is 0 Å². The summed E-state index contributed by atoms with van der Waals surface area (Å²) in [6, 6.07) is 17.9. The second kappa shape index (κ2) is 14.6. The number of hydrogen-bond donors (Lipinski definition) is 2. The first-order valence-corrected chi connectivity index (χ1v) is 15.1. The molecule has 1 saturated carbocycles. The molecule has 3 heterocycles. The van der Waals surface area contributed by atoms with Crippen LogP contribution in [0.4, 0.5) is 0 Å². The number of fused-ring (bicyclic) bond motifs is 1. The van der Waals surface area contributed by atoms with Crippen molar-refractivity contribution in [3.05, 3.63) is 98.5 Å². The standard InChI is InChI=1S/C33H37N5O5.K.H/c1-3-6-29-28(19-22-9-11-23(12-10-22)26-7-4-5-8-27(26)31-35-33(41)43-36-31)32(40)37(30-17-18-34-38(29)30)24-13-15-25(16-14-24)42-20-21(2)39;;/h4-5,7-12,17-18,21,24-25,39H,3,6,13-16,19-20H2,1-2H3,(H,35,36,41);;/t21?,24-,25-;;. The second-order valence-electron chi connectivity index (χ2n) is 11.4. The van der Waals surface area contributed by atoms with Crippen molar-refractivity contribution in [3.8, 4) is 22.5 Å². The van der Waals surface area contributed by atoms with Crippen molar-refractivity contribution < 1.29 is 14.4 Å². The minimum absolute atomic E-state index is 0. The fourth-order valence-corrected chi connectivity index (χ4v) is 6.25. The Balaban J connectivity index is 0.00000384. The summed E-state index contributed by atoms with van der Waals surface area (Å²) in [7, 11) is 0. The van der Waals surface area contributed by atoms with Gasteiger partial charge in [0.1, 0.15) is 5.65 Å². The van der Waals surface area contributed by atoms with Gasteiger partial charge in [0.05, 0.1) is 30.7 Å². The number of aryl methyl sites for hydroxylation is 1. The molecule has 1 aliphatic carbocycles. The third kappa shape index (κ3) is 6.94. The van der Waals surface area contributed by atoms with E-state index in [2.05, 4.69) is 34.3 Å². The van der Waals surface area contributed by atoms with Gasteiger partial charge in [0.2, 0.25) is 0 Å². The molecule has 5 aromatic rings. The zero-order valence-electron chi connectivity index (χ0n) is 24.5. The molecule has 1 unspecified atom stereocenters. The van der Waals surface area contributed by atoms with Gasteiger partial charge in [-0.2, -0.15) is 5.10 Å². The van der Waals surface area contributed by atoms with E-state index in [9.17, 15) is 14.7 Å². The van der Waals surface area contributed by atoms with Crippen molar-refractivity contribution in [3.63, 3.8) is 0 Å². The summed E-state index contributed by atoms with van der Waals surface area (Å²) in [6.45, 7) is 4.19. The Morgan fingerprint density at radius 3 is 2.43 bits per heavy atom. The zero-order valence-corrected chi connectivity index (χ0v) is 24.5. The van der Waals surface area contributed by atoms with E-state index in [0.29, 0.717) is 18.9 Å². The van der Waals surface area contributed by atoms with Crippen LogP contribution in [0.15, 0.2) is 74.9 Å². The average molecular weight is 624 g/mol. The number of nitrogens with zero attached hydrogens (tertiary/aromatic N) is 4. The van der Waals surface area contributed by atoms with Crippen LogP contribution in [-0.2, 0) is 17.6 Å². The topological polar surface area (TPSA) is 128 Å². The van der Waals surface area contributed by atoms with E-state index in [1.165, 1.54) is 0 Å². The quantitative estimate of drug-likeness (QED) is 0.222. The third-order valence-corrected chi connectivity index (χ3v) is 8.29. The molecule has 6 rings (SSSR count). The maximum absolute atomic E-state index is 14.3. The Kier molecular flexibility index (Phi) is 10.9. The number of rotatable bonds is 10. The first-order chi connectivity index (χ1) is 20.9. The van der Waals surface area contributed by atoms with Gasteiger partial charge in [0, 0.05) is 29.7 Å². The van der Waals surface area contributed by atoms with Gasteiger partial charge < -0.3 is 9.84 Å². The van der Waals surface area contributed by atoms with Crippen LogP contribution in [0.3, 0.4) is 0 Å². The monoisotopic (exact) mass is 623 g/mol. The summed E-state index contributed by atoms with van der Waals surface area (Å²) in [5.41, 5.74) is 6.30. The van der Waals surface area contributed by atoms with Crippen molar-refractivity contribution in [1.82, 2.24) is 24.3 Å². The van der Waals surface area contributed by atoms with Crippen LogP contribution in [0.1, 0.15) is 68.8 Å². The summed E-state index contributed by atoms with van der Waals surface area (Å²) < 4.78 is 14.5. The van der Waals surface area contributed by atoms with Crippen molar-refractivity contribution in [2.75, 3.05) is 6.61 Å². The number of ether oxygens (including phenoxy) is 1. The molecule has 0 spiro atoms. The van der Waals surface area contributed by atoms with E-state index in [0.717, 1.165) is 77.7 Å². The summed E-state index contributed by atoms with van der Waals surface area (Å²) in [5.74, 6) is -0.217. The van der Waals surface area contributed by atoms with Gasteiger partial charge in [0.15, 0.2) is 5.82 Å². The summed E-state index contributed by atoms with van der Waals surface area (Å²) >= 11 is 0. The maximum atomic E-state index is 14.3. The molecule has 44 heavy (non-hydrogen) atoms. The number of benzene rings is 2. The molecule has 0 saturated heterocycles. The average Bonchev–Trinajstić information content (AvgIpc) is 3.68. The van der Waals surface area contributed by atoms with E-state index in [-0.39, 0.29) is 69.1 Å². The Bertz CT molecular complexity index is 1810. The summed E-state index contributed by atoms with van der Waals surface area (Å²) in [6.07, 6.45) is 6.92. The molecular weight excluding hydrogens is 585 g/mol. The van der Waals surface area contributed by atoms with Gasteiger partial charge in [0.25, 0.3) is 5.56 Å². The Hall–Kier alpha value is -2.64. The van der Waals surface area contributed by atoms with Crippen LogP contribution in [0, 0.1) is 0 Å². The number of aromatic nitrogens is 5. The molecule has 0 aliphatic heterocycles. The van der Waals surface area contributed by atoms with Gasteiger partial charge >= 0.3 is 57.1 Å². The van der Waals surface area contributed by atoms with Gasteiger partial charge in [-0.15, -0.1) is 0 Å². The van der Waals surface area contributed by atoms with E-state index in [1.54, 1.807) is 13.1 Å². The predicted molar refractivity (Wildman–Crippen MR) is 170 cm³/mol. The molecule has 10 nitrogen and oxygen atoms in total. The van der Waals surface area contributed by atoms with Crippen molar-refractivity contribution in [2.24, 2.45) is 0 Å². The van der Waals surface area contributed by atoms with Gasteiger partial charge in [-0.05, 0) is 55.7 Å². The number of aliphatic hydroxyl groups excluding tert-OH is 1. The fraction of sp³-hybridized carbons (Fsp3) is 0.394. The summed E-state index contributed by atoms with van der Waals surface area (Å²) in [5, 5.41) is 18.1. The van der Waals surface area contributed by atoms with Gasteiger partial charge in [-0.25, -0.2) is 9.31 Å². The predicted octanol–water partition coefficient (Wildman–Crippen LogP) is 4.28. The first-order valence-electron chi connectivity index (χ1n) is 15.1. The molecule has 2 aromatic carbocycles. The Morgan fingerprint density at radius 1 is 1.05 bits per heavy atom. The SMILES string of the molecule is CCCc1c(Cc2ccc(-c3ccccc3-c3noc(=O)[nH]3)cc2)c(=O)n([C@H]2CC[C@H](OCC(C)O)CC2)c2ccnn12.[KH]. The Labute approximate surface area is 297 Å². The molecule has 3 aromatic heterocycles. The number of nitrogens with one attached hydrogen (secondary N) is 1. The molecule has 2 N–H and O–H groups in total. The zero-order chi connectivity index (χ0) is 29.9. The van der Waals surface area contributed by atoms with Crippen LogP contribution in [0.25, 0.3) is 28.2 Å². The molecule has 0 radical (unpaired) electrons. The van der Waals surface area contributed by atoms with Crippen LogP contribution in [-0.4, -0.2) is 99.6 Å². The molecule has 226 valence electrons. The molecule has 11 heteroatoms. The molecule has 1 fully saturated rings. The molecule has 0 amide bonds.